The van der Waals surface area contributed by atoms with Crippen LogP contribution in [0, 0.1) is 17.5 Å². The molecule has 0 saturated heterocycles. The quantitative estimate of drug-likeness (QED) is 0.120. The first-order valence-corrected chi connectivity index (χ1v) is 9.79. The van der Waals surface area contributed by atoms with Gasteiger partial charge in [0.05, 0.1) is 59.3 Å². The van der Waals surface area contributed by atoms with E-state index < -0.39 is 29.2 Å². The Kier molecular flexibility index (Phi) is 13.4. The number of hydrogen-bond donors (Lipinski definition) is 0. The highest BCUT2D eigenvalue weighted by Gasteiger charge is 2.16. The molecule has 10 heteroatoms. The number of benzene rings is 1. The molecule has 0 saturated carbocycles. The summed E-state index contributed by atoms with van der Waals surface area (Å²) in [6, 6.07) is 0.863. The second-order valence-corrected chi connectivity index (χ2v) is 6.14. The number of rotatable bonds is 15. The Balaban J connectivity index is 1.99. The number of carbonyl (C=O) groups excluding carboxylic acids is 1. The molecule has 0 spiro atoms. The van der Waals surface area contributed by atoms with Gasteiger partial charge < -0.3 is 23.7 Å². The van der Waals surface area contributed by atoms with E-state index in [9.17, 15) is 18.0 Å². The van der Waals surface area contributed by atoms with E-state index >= 15 is 0 Å². The summed E-state index contributed by atoms with van der Waals surface area (Å²) in [6.45, 7) is 3.16. The molecule has 0 aliphatic rings. The Morgan fingerprint density at radius 2 is 1.22 bits per heavy atom. The summed E-state index contributed by atoms with van der Waals surface area (Å²) in [7, 11) is 0. The highest BCUT2D eigenvalue weighted by atomic mass is 127. The Bertz CT molecular complexity index is 538. The highest BCUT2D eigenvalue weighted by molar-refractivity contribution is 14.1. The smallest absolute Gasteiger partial charge is 0.313 e. The second kappa shape index (κ2) is 15.0. The van der Waals surface area contributed by atoms with Crippen molar-refractivity contribution in [3.05, 3.63) is 29.6 Å². The first kappa shape index (κ1) is 24.1. The first-order chi connectivity index (χ1) is 13.0. The lowest BCUT2D eigenvalue weighted by Gasteiger charge is -2.08. The molecule has 154 valence electrons. The molecule has 1 rings (SSSR count). The third-order valence-corrected chi connectivity index (χ3v) is 3.41. The molecule has 0 N–H and O–H groups in total. The van der Waals surface area contributed by atoms with Crippen LogP contribution >= 0.6 is 22.6 Å². The lowest BCUT2D eigenvalue weighted by molar-refractivity contribution is -0.136. The molecular weight excluding hydrogens is 484 g/mol. The van der Waals surface area contributed by atoms with Crippen LogP contribution in [0.25, 0.3) is 0 Å². The van der Waals surface area contributed by atoms with Gasteiger partial charge in [0.1, 0.15) is 5.82 Å². The van der Waals surface area contributed by atoms with E-state index in [0.29, 0.717) is 51.8 Å². The van der Waals surface area contributed by atoms with Gasteiger partial charge in [0.15, 0.2) is 11.6 Å². The molecule has 0 radical (unpaired) electrons. The average Bonchev–Trinajstić information content (AvgIpc) is 2.62. The summed E-state index contributed by atoms with van der Waals surface area (Å²) in [5.41, 5.74) is 0. The van der Waals surface area contributed by atoms with Crippen LogP contribution in [0.4, 0.5) is 13.2 Å². The van der Waals surface area contributed by atoms with E-state index in [1.54, 1.807) is 0 Å². The van der Waals surface area contributed by atoms with E-state index in [1.807, 2.05) is 0 Å². The van der Waals surface area contributed by atoms with Crippen molar-refractivity contribution < 1.29 is 41.7 Å². The Labute approximate surface area is 169 Å². The number of halogens is 4. The zero-order valence-corrected chi connectivity index (χ0v) is 16.8. The minimum absolute atomic E-state index is 0.00270. The maximum atomic E-state index is 13.3. The third kappa shape index (κ3) is 11.5. The normalized spacial score (nSPS) is 11.0. The van der Waals surface area contributed by atoms with Gasteiger partial charge in [-0.1, -0.05) is 22.6 Å². The fourth-order valence-electron chi connectivity index (χ4n) is 1.76. The van der Waals surface area contributed by atoms with Crippen molar-refractivity contribution >= 4 is 28.6 Å². The molecule has 0 heterocycles. The second-order valence-electron chi connectivity index (χ2n) is 5.06. The van der Waals surface area contributed by atoms with Crippen LogP contribution in [0.2, 0.25) is 0 Å². The van der Waals surface area contributed by atoms with Gasteiger partial charge in [-0.2, -0.15) is 0 Å². The van der Waals surface area contributed by atoms with Gasteiger partial charge in [-0.05, 0) is 0 Å². The van der Waals surface area contributed by atoms with Gasteiger partial charge in [-0.15, -0.1) is 0 Å². The van der Waals surface area contributed by atoms with E-state index in [2.05, 4.69) is 27.3 Å². The summed E-state index contributed by atoms with van der Waals surface area (Å²) >= 11 is 2.23. The molecule has 0 aliphatic heterocycles. The summed E-state index contributed by atoms with van der Waals surface area (Å²) in [5, 5.41) is 0. The molecule has 27 heavy (non-hydrogen) atoms. The predicted octanol–water partition coefficient (Wildman–Crippen LogP) is 2.90. The monoisotopic (exact) mass is 506 g/mol. The van der Waals surface area contributed by atoms with Crippen molar-refractivity contribution in [2.45, 2.75) is 6.42 Å². The van der Waals surface area contributed by atoms with Gasteiger partial charge in [0.2, 0.25) is 5.75 Å². The van der Waals surface area contributed by atoms with Crippen molar-refractivity contribution in [1.82, 2.24) is 0 Å². The fourth-order valence-corrected chi connectivity index (χ4v) is 2.07. The molecule has 0 atom stereocenters. The standard InChI is InChI=1S/C17H22F3IO6/c18-13-11-14(19)17(15(20)12-13)27-16(22)1-3-23-5-7-25-9-10-26-8-6-24-4-2-21/h11-12H,1-10H2. The third-order valence-electron chi connectivity index (χ3n) is 2.97. The summed E-state index contributed by atoms with van der Waals surface area (Å²) in [5.74, 6) is -5.48. The zero-order chi connectivity index (χ0) is 19.9. The minimum atomic E-state index is -1.28. The van der Waals surface area contributed by atoms with Gasteiger partial charge in [0, 0.05) is 16.6 Å². The maximum Gasteiger partial charge on any atom is 0.313 e. The van der Waals surface area contributed by atoms with Crippen molar-refractivity contribution in [2.24, 2.45) is 0 Å². The summed E-state index contributed by atoms with van der Waals surface area (Å²) in [6.07, 6.45) is -0.212. The van der Waals surface area contributed by atoms with Crippen LogP contribution in [0.3, 0.4) is 0 Å². The average molecular weight is 506 g/mol. The topological polar surface area (TPSA) is 63.2 Å². The van der Waals surface area contributed by atoms with Gasteiger partial charge in [0.25, 0.3) is 0 Å². The first-order valence-electron chi connectivity index (χ1n) is 8.26. The Morgan fingerprint density at radius 3 is 1.70 bits per heavy atom. The van der Waals surface area contributed by atoms with Crippen LogP contribution in [0.5, 0.6) is 5.75 Å². The SMILES string of the molecule is O=C(CCOCCOCCOCCOCCI)Oc1c(F)cc(F)cc1F. The molecule has 0 amide bonds. The van der Waals surface area contributed by atoms with Gasteiger partial charge in [-0.25, -0.2) is 13.2 Å². The summed E-state index contributed by atoms with van der Waals surface area (Å²) < 4.78 is 65.9. The number of ether oxygens (including phenoxy) is 5. The van der Waals surface area contributed by atoms with Gasteiger partial charge >= 0.3 is 5.97 Å². The number of esters is 1. The van der Waals surface area contributed by atoms with Crippen molar-refractivity contribution in [1.29, 1.82) is 0 Å². The molecule has 1 aromatic rings. The largest absolute Gasteiger partial charge is 0.420 e. The van der Waals surface area contributed by atoms with Crippen LogP contribution < -0.4 is 4.74 Å². The molecule has 0 bridgehead atoms. The number of hydrogen-bond acceptors (Lipinski definition) is 6. The molecular formula is C17H22F3IO6. The van der Waals surface area contributed by atoms with Gasteiger partial charge in [-0.3, -0.25) is 4.79 Å². The Hall–Kier alpha value is -0.950. The fraction of sp³-hybridized carbons (Fsp3) is 0.588. The van der Waals surface area contributed by atoms with Crippen molar-refractivity contribution in [2.75, 3.05) is 57.3 Å². The lowest BCUT2D eigenvalue weighted by Crippen LogP contribution is -2.15. The molecule has 0 fully saturated rings. The molecule has 6 nitrogen and oxygen atoms in total. The molecule has 1 aromatic carbocycles. The van der Waals surface area contributed by atoms with Crippen molar-refractivity contribution in [3.8, 4) is 5.75 Å². The van der Waals surface area contributed by atoms with E-state index in [-0.39, 0.29) is 19.6 Å². The zero-order valence-electron chi connectivity index (χ0n) is 14.7. The van der Waals surface area contributed by atoms with Crippen LogP contribution in [-0.4, -0.2) is 63.3 Å². The van der Waals surface area contributed by atoms with E-state index in [1.165, 1.54) is 0 Å². The molecule has 0 aliphatic carbocycles. The van der Waals surface area contributed by atoms with E-state index in [4.69, 9.17) is 18.9 Å². The van der Waals surface area contributed by atoms with Crippen LogP contribution in [0.15, 0.2) is 12.1 Å². The number of alkyl halides is 1. The molecule has 0 unspecified atom stereocenters. The van der Waals surface area contributed by atoms with Crippen molar-refractivity contribution in [3.63, 3.8) is 0 Å². The lowest BCUT2D eigenvalue weighted by atomic mass is 10.3. The highest BCUT2D eigenvalue weighted by Crippen LogP contribution is 2.23. The number of carbonyl (C=O) groups is 1. The van der Waals surface area contributed by atoms with E-state index in [0.717, 1.165) is 4.43 Å². The predicted molar refractivity (Wildman–Crippen MR) is 98.7 cm³/mol. The molecule has 0 aromatic heterocycles. The maximum absolute atomic E-state index is 13.3. The minimum Gasteiger partial charge on any atom is -0.420 e. The van der Waals surface area contributed by atoms with Crippen LogP contribution in [0.1, 0.15) is 6.42 Å². The summed E-state index contributed by atoms with van der Waals surface area (Å²) in [4.78, 5) is 11.5. The Morgan fingerprint density at radius 1 is 0.778 bits per heavy atom. The van der Waals surface area contributed by atoms with Crippen LogP contribution in [-0.2, 0) is 23.7 Å².